The van der Waals surface area contributed by atoms with Crippen molar-refractivity contribution < 1.29 is 155 Å². The van der Waals surface area contributed by atoms with Crippen molar-refractivity contribution in [1.29, 1.82) is 0 Å². The van der Waals surface area contributed by atoms with Crippen molar-refractivity contribution in [3.8, 4) is 0 Å². The smallest absolute Gasteiger partial charge is 0.327 e. The van der Waals surface area contributed by atoms with Crippen LogP contribution in [-0.4, -0.2) is 351 Å². The highest BCUT2D eigenvalue weighted by atomic mass is 31.2. The molecule has 0 bridgehead atoms. The summed E-state index contributed by atoms with van der Waals surface area (Å²) >= 11 is 0. The fourth-order valence-electron chi connectivity index (χ4n) is 12.3. The van der Waals surface area contributed by atoms with E-state index in [4.69, 9.17) is 47.2 Å². The number of rotatable bonds is 65. The van der Waals surface area contributed by atoms with Gasteiger partial charge in [0.2, 0.25) is 65.0 Å². The molecular formula is C74H134N11O32P. The van der Waals surface area contributed by atoms with Crippen LogP contribution in [0.25, 0.3) is 0 Å². The lowest BCUT2D eigenvalue weighted by Gasteiger charge is -2.42. The fourth-order valence-corrected chi connectivity index (χ4v) is 12.9. The molecule has 16 atom stereocenters. The van der Waals surface area contributed by atoms with Gasteiger partial charge in [-0.15, -0.1) is 0 Å². The van der Waals surface area contributed by atoms with Crippen LogP contribution in [0.5, 0.6) is 0 Å². The summed E-state index contributed by atoms with van der Waals surface area (Å²) in [4.78, 5) is 149. The number of unbranched alkanes of at least 4 members (excludes halogenated alkanes) is 6. The van der Waals surface area contributed by atoms with Gasteiger partial charge in [0.05, 0.1) is 66.1 Å². The SMILES string of the molecule is CCP(=O)(O)OCCCCCCNC(=O)CCCC(=O)NC(COCCC(=O)NCCCNC(=O)CCCCOC1OC(CO)C(O)C(O)C1NC(C)=O)(COCCC(=O)NCCCNC(=O)CCCCOC1OC(CO)C(O)C(O)C1NC(C)=O)COCCC(=O)NCCCNC(=O)CCCCOC1OC(CO)C(O)C(O)C1NC(C)=O. The molecule has 3 aliphatic rings. The number of hydrogen-bond acceptors (Lipinski definition) is 31. The molecule has 0 aromatic rings. The molecule has 0 radical (unpaired) electrons. The Labute approximate surface area is 688 Å². The first-order chi connectivity index (χ1) is 56.4. The number of aliphatic hydroxyl groups is 9. The van der Waals surface area contributed by atoms with E-state index >= 15 is 0 Å². The van der Waals surface area contributed by atoms with Crippen molar-refractivity contribution in [1.82, 2.24) is 58.5 Å². The maximum absolute atomic E-state index is 13.9. The van der Waals surface area contributed by atoms with E-state index in [1.807, 2.05) is 0 Å². The maximum atomic E-state index is 13.9. The van der Waals surface area contributed by atoms with Crippen LogP contribution in [0.15, 0.2) is 0 Å². The Bertz CT molecular complexity index is 2750. The normalized spacial score (nSPS) is 24.0. The van der Waals surface area contributed by atoms with Gasteiger partial charge in [-0.2, -0.15) is 0 Å². The molecule has 44 heteroatoms. The highest BCUT2D eigenvalue weighted by molar-refractivity contribution is 7.52. The molecule has 0 aliphatic carbocycles. The van der Waals surface area contributed by atoms with E-state index in [9.17, 15) is 108 Å². The monoisotopic (exact) mass is 1720 g/mol. The maximum Gasteiger partial charge on any atom is 0.327 e. The van der Waals surface area contributed by atoms with Crippen LogP contribution in [0, 0.1) is 0 Å². The first-order valence-corrected chi connectivity index (χ1v) is 42.6. The highest BCUT2D eigenvalue weighted by Gasteiger charge is 2.48. The number of amides is 11. The van der Waals surface area contributed by atoms with Gasteiger partial charge in [-0.3, -0.25) is 57.3 Å². The third kappa shape index (κ3) is 44.9. The number of hydrogen-bond donors (Lipinski definition) is 21. The Morgan fingerprint density at radius 3 is 0.907 bits per heavy atom. The predicted molar refractivity (Wildman–Crippen MR) is 416 cm³/mol. The van der Waals surface area contributed by atoms with Crippen molar-refractivity contribution in [3.63, 3.8) is 0 Å². The van der Waals surface area contributed by atoms with E-state index in [0.29, 0.717) is 83.6 Å². The average Bonchev–Trinajstić information content (AvgIpc) is 0.819. The van der Waals surface area contributed by atoms with Gasteiger partial charge in [0, 0.05) is 144 Å². The quantitative estimate of drug-likeness (QED) is 0.0199. The van der Waals surface area contributed by atoms with E-state index in [0.717, 1.165) is 6.42 Å². The minimum Gasteiger partial charge on any atom is -0.394 e. The van der Waals surface area contributed by atoms with Gasteiger partial charge in [0.25, 0.3) is 0 Å². The van der Waals surface area contributed by atoms with E-state index in [1.165, 1.54) is 20.8 Å². The van der Waals surface area contributed by atoms with Crippen molar-refractivity contribution in [2.75, 3.05) is 138 Å². The Morgan fingerprint density at radius 2 is 0.610 bits per heavy atom. The van der Waals surface area contributed by atoms with E-state index < -0.39 is 166 Å². The molecule has 3 saturated heterocycles. The standard InChI is InChI=1S/C74H134N11O32P/c1-5-118(106,107)114-38-12-7-6-11-28-75-57(95)23-16-24-61(99)85-74(45-108-39-25-58(96)79-32-17-29-76-54(92)20-8-13-35-111-71-62(82-48(2)89)68(103)65(100)51(42-86)115-71,46-109-40-26-59(97)80-33-18-30-77-55(93)21-9-14-36-112-72-63(83-49(3)90)69(104)66(101)52(43-87)116-72)47-110-41-27-60(98)81-34-19-31-78-56(94)22-10-15-37-113-73-64(84-50(4)91)70(105)67(102)53(44-88)117-73/h51-53,62-73,86-88,100-105H,5-47H2,1-4H3,(H,75,95)(H,76,92)(H,77,93)(H,78,94)(H,79,96)(H,80,97)(H,81,98)(H,82,89)(H,83,90)(H,84,91)(H,85,99)(H,106,107). The summed E-state index contributed by atoms with van der Waals surface area (Å²) < 4.78 is 68.8. The second-order valence-electron chi connectivity index (χ2n) is 29.1. The topological polar surface area (TPSA) is 632 Å². The molecule has 43 nitrogen and oxygen atoms in total. The molecule has 11 amide bonds. The minimum atomic E-state index is -3.58. The van der Waals surface area contributed by atoms with Crippen LogP contribution in [0.4, 0.5) is 0 Å². The Hall–Kier alpha value is -6.40. The van der Waals surface area contributed by atoms with Crippen LogP contribution in [0.3, 0.4) is 0 Å². The molecule has 3 heterocycles. The fraction of sp³-hybridized carbons (Fsp3) is 0.851. The molecular weight excluding hydrogens is 1590 g/mol. The van der Waals surface area contributed by atoms with Crippen LogP contribution in [0.1, 0.15) is 169 Å². The van der Waals surface area contributed by atoms with E-state index in [-0.39, 0.29) is 193 Å². The first-order valence-electron chi connectivity index (χ1n) is 40.8. The highest BCUT2D eigenvalue weighted by Crippen LogP contribution is 2.41. The molecule has 118 heavy (non-hydrogen) atoms. The number of aliphatic hydroxyl groups excluding tert-OH is 9. The Kier molecular flexibility index (Phi) is 54.7. The van der Waals surface area contributed by atoms with Gasteiger partial charge < -0.3 is 156 Å². The van der Waals surface area contributed by atoms with Gasteiger partial charge in [-0.25, -0.2) is 0 Å². The largest absolute Gasteiger partial charge is 0.394 e. The van der Waals surface area contributed by atoms with Crippen molar-refractivity contribution in [3.05, 3.63) is 0 Å². The van der Waals surface area contributed by atoms with E-state index in [1.54, 1.807) is 6.92 Å². The summed E-state index contributed by atoms with van der Waals surface area (Å²) in [5.74, 6) is -4.41. The van der Waals surface area contributed by atoms with Gasteiger partial charge in [-0.1, -0.05) is 19.8 Å². The third-order valence-corrected chi connectivity index (χ3v) is 20.2. The zero-order valence-electron chi connectivity index (χ0n) is 68.5. The zero-order valence-corrected chi connectivity index (χ0v) is 69.4. The lowest BCUT2D eigenvalue weighted by molar-refractivity contribution is -0.270. The molecule has 0 saturated carbocycles. The molecule has 3 aliphatic heterocycles. The summed E-state index contributed by atoms with van der Waals surface area (Å²) in [6.45, 7) is 3.74. The second kappa shape index (κ2) is 61.0. The van der Waals surface area contributed by atoms with Crippen LogP contribution >= 0.6 is 7.60 Å². The Balaban J connectivity index is 1.59. The van der Waals surface area contributed by atoms with Crippen LogP contribution in [-0.2, 0) is 104 Å². The lowest BCUT2D eigenvalue weighted by atomic mass is 9.97. The van der Waals surface area contributed by atoms with Crippen LogP contribution < -0.4 is 58.5 Å². The molecule has 682 valence electrons. The van der Waals surface area contributed by atoms with Crippen molar-refractivity contribution >= 4 is 72.6 Å². The summed E-state index contributed by atoms with van der Waals surface area (Å²) in [6.07, 6.45) is -9.95. The second-order valence-corrected chi connectivity index (χ2v) is 31.2. The van der Waals surface area contributed by atoms with Gasteiger partial charge in [0.1, 0.15) is 78.6 Å². The number of carbonyl (C=O) groups is 11. The zero-order chi connectivity index (χ0) is 87.3. The van der Waals surface area contributed by atoms with Gasteiger partial charge in [-0.05, 0) is 77.0 Å². The Morgan fingerprint density at radius 1 is 0.339 bits per heavy atom. The summed E-state index contributed by atoms with van der Waals surface area (Å²) in [5, 5.41) is 121. The predicted octanol–water partition coefficient (Wildman–Crippen LogP) is -5.61. The molecule has 0 aromatic heterocycles. The van der Waals surface area contributed by atoms with Crippen LogP contribution in [0.2, 0.25) is 0 Å². The van der Waals surface area contributed by atoms with Crippen molar-refractivity contribution in [2.45, 2.75) is 266 Å². The number of carbonyl (C=O) groups excluding carboxylic acids is 11. The third-order valence-electron chi connectivity index (χ3n) is 18.8. The minimum absolute atomic E-state index is 0.00942. The molecule has 0 aromatic carbocycles. The summed E-state index contributed by atoms with van der Waals surface area (Å²) in [7, 11) is -3.58. The summed E-state index contributed by atoms with van der Waals surface area (Å²) in [6, 6.07) is -3.32. The lowest BCUT2D eigenvalue weighted by Crippen LogP contribution is -2.64. The van der Waals surface area contributed by atoms with Crippen molar-refractivity contribution in [2.24, 2.45) is 0 Å². The first kappa shape index (κ1) is 106. The van der Waals surface area contributed by atoms with E-state index in [2.05, 4.69) is 58.5 Å². The molecule has 3 rings (SSSR count). The molecule has 16 unspecified atom stereocenters. The molecule has 0 spiro atoms. The molecule has 21 N–H and O–H groups in total. The average molecular weight is 1720 g/mol. The summed E-state index contributed by atoms with van der Waals surface area (Å²) in [5.41, 5.74) is -1.53. The number of nitrogens with one attached hydrogen (secondary N) is 11. The van der Waals surface area contributed by atoms with Gasteiger partial charge >= 0.3 is 7.60 Å². The molecule has 3 fully saturated rings. The van der Waals surface area contributed by atoms with Gasteiger partial charge in [0.15, 0.2) is 18.9 Å². The number of ether oxygens (including phenoxy) is 9.